The summed E-state index contributed by atoms with van der Waals surface area (Å²) in [4.78, 5) is 15.8. The van der Waals surface area contributed by atoms with Crippen LogP contribution in [0.25, 0.3) is 0 Å². The van der Waals surface area contributed by atoms with Gasteiger partial charge in [0.25, 0.3) is 0 Å². The minimum Gasteiger partial charge on any atom is -0.450 e. The molecule has 94 valence electrons. The summed E-state index contributed by atoms with van der Waals surface area (Å²) in [5, 5.41) is 0. The molecule has 1 saturated heterocycles. The van der Waals surface area contributed by atoms with E-state index in [1.165, 1.54) is 13.0 Å². The van der Waals surface area contributed by atoms with Crippen LogP contribution in [0.15, 0.2) is 0 Å². The van der Waals surface area contributed by atoms with Crippen molar-refractivity contribution in [3.63, 3.8) is 0 Å². The number of hydrogen-bond donors (Lipinski definition) is 0. The summed E-state index contributed by atoms with van der Waals surface area (Å²) < 4.78 is 5.00. The molecule has 1 amide bonds. The van der Waals surface area contributed by atoms with Crippen LogP contribution in [0.4, 0.5) is 4.79 Å². The number of likely N-dealkylation sites (tertiary alicyclic amines) is 1. The fourth-order valence-corrected chi connectivity index (χ4v) is 2.22. The van der Waals surface area contributed by atoms with Gasteiger partial charge in [-0.2, -0.15) is 0 Å². The van der Waals surface area contributed by atoms with Crippen LogP contribution >= 0.6 is 0 Å². The molecule has 0 spiro atoms. The standard InChI is InChI=1S/C12H24N2O2/c1-4-8-14-9-6-11(7-10-14)13(3)12(15)16-5-2/h11H,4-10H2,1-3H3. The molecule has 1 fully saturated rings. The first-order chi connectivity index (χ1) is 7.69. The number of carbonyl (C=O) groups excluding carboxylic acids is 1. The van der Waals surface area contributed by atoms with Crippen molar-refractivity contribution in [2.24, 2.45) is 0 Å². The number of piperidine rings is 1. The van der Waals surface area contributed by atoms with Crippen LogP contribution in [0.3, 0.4) is 0 Å². The van der Waals surface area contributed by atoms with E-state index in [0.29, 0.717) is 12.6 Å². The summed E-state index contributed by atoms with van der Waals surface area (Å²) in [6, 6.07) is 0.354. The first kappa shape index (κ1) is 13.3. The van der Waals surface area contributed by atoms with Gasteiger partial charge in [-0.05, 0) is 32.7 Å². The molecular formula is C12H24N2O2. The van der Waals surface area contributed by atoms with E-state index >= 15 is 0 Å². The number of rotatable bonds is 4. The van der Waals surface area contributed by atoms with Gasteiger partial charge in [0.15, 0.2) is 0 Å². The first-order valence-corrected chi connectivity index (χ1v) is 6.31. The van der Waals surface area contributed by atoms with Crippen LogP contribution in [0.5, 0.6) is 0 Å². The predicted molar refractivity (Wildman–Crippen MR) is 64.5 cm³/mol. The molecule has 0 atom stereocenters. The normalized spacial score (nSPS) is 18.4. The molecule has 1 aliphatic rings. The van der Waals surface area contributed by atoms with Gasteiger partial charge >= 0.3 is 6.09 Å². The molecule has 0 unspecified atom stereocenters. The summed E-state index contributed by atoms with van der Waals surface area (Å²) in [5.74, 6) is 0. The number of hydrogen-bond acceptors (Lipinski definition) is 3. The lowest BCUT2D eigenvalue weighted by Gasteiger charge is -2.36. The zero-order chi connectivity index (χ0) is 12.0. The van der Waals surface area contributed by atoms with Crippen LogP contribution in [0.1, 0.15) is 33.1 Å². The molecule has 0 radical (unpaired) electrons. The van der Waals surface area contributed by atoms with Crippen molar-refractivity contribution < 1.29 is 9.53 Å². The Morgan fingerprint density at radius 3 is 2.50 bits per heavy atom. The van der Waals surface area contributed by atoms with Crippen molar-refractivity contribution in [1.82, 2.24) is 9.80 Å². The Hall–Kier alpha value is -0.770. The molecule has 0 N–H and O–H groups in total. The Morgan fingerprint density at radius 1 is 1.38 bits per heavy atom. The Kier molecular flexibility index (Phi) is 5.60. The van der Waals surface area contributed by atoms with Gasteiger partial charge in [-0.1, -0.05) is 6.92 Å². The van der Waals surface area contributed by atoms with Gasteiger partial charge < -0.3 is 14.5 Å². The summed E-state index contributed by atoms with van der Waals surface area (Å²) in [6.45, 7) is 7.88. The fourth-order valence-electron chi connectivity index (χ4n) is 2.22. The predicted octanol–water partition coefficient (Wildman–Crippen LogP) is 1.95. The van der Waals surface area contributed by atoms with Gasteiger partial charge in [-0.3, -0.25) is 0 Å². The maximum atomic E-state index is 11.5. The molecule has 0 aromatic carbocycles. The third kappa shape index (κ3) is 3.67. The van der Waals surface area contributed by atoms with Crippen LogP contribution in [0.2, 0.25) is 0 Å². The highest BCUT2D eigenvalue weighted by atomic mass is 16.6. The van der Waals surface area contributed by atoms with E-state index in [0.717, 1.165) is 25.9 Å². The highest BCUT2D eigenvalue weighted by Crippen LogP contribution is 2.16. The van der Waals surface area contributed by atoms with Gasteiger partial charge in [-0.15, -0.1) is 0 Å². The molecule has 0 aliphatic carbocycles. The Balaban J connectivity index is 2.32. The Labute approximate surface area is 98.5 Å². The van der Waals surface area contributed by atoms with Gasteiger partial charge in [0.1, 0.15) is 0 Å². The van der Waals surface area contributed by atoms with Crippen molar-refractivity contribution >= 4 is 6.09 Å². The third-order valence-electron chi connectivity index (χ3n) is 3.20. The van der Waals surface area contributed by atoms with Crippen molar-refractivity contribution in [1.29, 1.82) is 0 Å². The van der Waals surface area contributed by atoms with E-state index in [2.05, 4.69) is 11.8 Å². The summed E-state index contributed by atoms with van der Waals surface area (Å²) in [7, 11) is 1.85. The Bertz CT molecular complexity index is 213. The van der Waals surface area contributed by atoms with Crippen LogP contribution in [-0.2, 0) is 4.74 Å². The quantitative estimate of drug-likeness (QED) is 0.737. The second-order valence-corrected chi connectivity index (χ2v) is 4.38. The maximum absolute atomic E-state index is 11.5. The topological polar surface area (TPSA) is 32.8 Å². The van der Waals surface area contributed by atoms with Gasteiger partial charge in [0.05, 0.1) is 6.61 Å². The molecule has 4 heteroatoms. The molecule has 1 rings (SSSR count). The monoisotopic (exact) mass is 228 g/mol. The zero-order valence-corrected chi connectivity index (χ0v) is 10.7. The average Bonchev–Trinajstić information content (AvgIpc) is 2.30. The lowest BCUT2D eigenvalue weighted by atomic mass is 10.0. The first-order valence-electron chi connectivity index (χ1n) is 6.31. The second kappa shape index (κ2) is 6.74. The third-order valence-corrected chi connectivity index (χ3v) is 3.20. The molecule has 1 heterocycles. The van der Waals surface area contributed by atoms with Crippen molar-refractivity contribution in [2.45, 2.75) is 39.2 Å². The van der Waals surface area contributed by atoms with Gasteiger partial charge in [0.2, 0.25) is 0 Å². The SMILES string of the molecule is CCCN1CCC(N(C)C(=O)OCC)CC1. The van der Waals surface area contributed by atoms with E-state index in [1.54, 1.807) is 4.90 Å². The molecular weight excluding hydrogens is 204 g/mol. The van der Waals surface area contributed by atoms with Crippen molar-refractivity contribution in [2.75, 3.05) is 33.3 Å². The lowest BCUT2D eigenvalue weighted by Crippen LogP contribution is -2.45. The minimum absolute atomic E-state index is 0.184. The maximum Gasteiger partial charge on any atom is 0.409 e. The summed E-state index contributed by atoms with van der Waals surface area (Å²) in [5.41, 5.74) is 0. The second-order valence-electron chi connectivity index (χ2n) is 4.38. The highest BCUT2D eigenvalue weighted by Gasteiger charge is 2.25. The molecule has 1 aliphatic heterocycles. The minimum atomic E-state index is -0.184. The van der Waals surface area contributed by atoms with Crippen LogP contribution in [-0.4, -0.2) is 55.2 Å². The number of ether oxygens (including phenoxy) is 1. The molecule has 0 saturated carbocycles. The number of amides is 1. The van der Waals surface area contributed by atoms with Crippen LogP contribution in [0, 0.1) is 0 Å². The zero-order valence-electron chi connectivity index (χ0n) is 10.7. The van der Waals surface area contributed by atoms with E-state index < -0.39 is 0 Å². The lowest BCUT2D eigenvalue weighted by molar-refractivity contribution is 0.0803. The summed E-state index contributed by atoms with van der Waals surface area (Å²) in [6.07, 6.45) is 3.15. The van der Waals surface area contributed by atoms with E-state index in [4.69, 9.17) is 4.74 Å². The number of carbonyl (C=O) groups is 1. The molecule has 4 nitrogen and oxygen atoms in total. The van der Waals surface area contributed by atoms with E-state index in [9.17, 15) is 4.79 Å². The molecule has 0 bridgehead atoms. The molecule has 16 heavy (non-hydrogen) atoms. The van der Waals surface area contributed by atoms with Crippen molar-refractivity contribution in [3.05, 3.63) is 0 Å². The van der Waals surface area contributed by atoms with E-state index in [1.807, 2.05) is 14.0 Å². The van der Waals surface area contributed by atoms with E-state index in [-0.39, 0.29) is 6.09 Å². The Morgan fingerprint density at radius 2 is 2.00 bits per heavy atom. The smallest absolute Gasteiger partial charge is 0.409 e. The van der Waals surface area contributed by atoms with Crippen LogP contribution < -0.4 is 0 Å². The van der Waals surface area contributed by atoms with Gasteiger partial charge in [-0.25, -0.2) is 4.79 Å². The van der Waals surface area contributed by atoms with Gasteiger partial charge in [0, 0.05) is 26.2 Å². The molecule has 0 aromatic rings. The number of nitrogens with zero attached hydrogens (tertiary/aromatic N) is 2. The summed E-state index contributed by atoms with van der Waals surface area (Å²) >= 11 is 0. The average molecular weight is 228 g/mol. The molecule has 0 aromatic heterocycles. The highest BCUT2D eigenvalue weighted by molar-refractivity contribution is 5.67. The largest absolute Gasteiger partial charge is 0.450 e. The fraction of sp³-hybridized carbons (Fsp3) is 0.917. The van der Waals surface area contributed by atoms with Crippen molar-refractivity contribution in [3.8, 4) is 0 Å².